The standard InChI is InChI=1S/C20H28N8O2S/c1-6-28-15(4)20(14(3)27-28)31(29,30)23-10-9-22-18-12-19(25-16(5)24-18)26-17-11-13(2)7-8-21-17/h7-8,11-12,23H,6,9-10H2,1-5H3,(H2,21,22,24,25,26). The van der Waals surface area contributed by atoms with Crippen molar-refractivity contribution in [1.29, 1.82) is 0 Å². The highest BCUT2D eigenvalue weighted by atomic mass is 32.2. The summed E-state index contributed by atoms with van der Waals surface area (Å²) in [5.41, 5.74) is 2.21. The van der Waals surface area contributed by atoms with Gasteiger partial charge in [0.1, 0.15) is 28.2 Å². The van der Waals surface area contributed by atoms with Gasteiger partial charge in [-0.05, 0) is 52.3 Å². The van der Waals surface area contributed by atoms with Crippen molar-refractivity contribution in [3.8, 4) is 0 Å². The largest absolute Gasteiger partial charge is 0.369 e. The summed E-state index contributed by atoms with van der Waals surface area (Å²) < 4.78 is 29.7. The summed E-state index contributed by atoms with van der Waals surface area (Å²) in [6.07, 6.45) is 1.73. The highest BCUT2D eigenvalue weighted by molar-refractivity contribution is 7.89. The van der Waals surface area contributed by atoms with E-state index in [1.54, 1.807) is 37.7 Å². The van der Waals surface area contributed by atoms with Gasteiger partial charge in [0.05, 0.1) is 11.4 Å². The van der Waals surface area contributed by atoms with Gasteiger partial charge in [0.25, 0.3) is 0 Å². The molecule has 0 fully saturated rings. The predicted molar refractivity (Wildman–Crippen MR) is 120 cm³/mol. The fourth-order valence-corrected chi connectivity index (χ4v) is 4.72. The Balaban J connectivity index is 1.62. The van der Waals surface area contributed by atoms with Gasteiger partial charge in [0, 0.05) is 31.9 Å². The molecule has 166 valence electrons. The van der Waals surface area contributed by atoms with Crippen molar-refractivity contribution in [3.63, 3.8) is 0 Å². The Morgan fingerprint density at radius 3 is 2.42 bits per heavy atom. The lowest BCUT2D eigenvalue weighted by Crippen LogP contribution is -2.29. The fourth-order valence-electron chi connectivity index (χ4n) is 3.28. The highest BCUT2D eigenvalue weighted by Crippen LogP contribution is 2.19. The van der Waals surface area contributed by atoms with Crippen LogP contribution in [0.2, 0.25) is 0 Å². The van der Waals surface area contributed by atoms with Gasteiger partial charge < -0.3 is 10.6 Å². The first kappa shape index (κ1) is 22.6. The van der Waals surface area contributed by atoms with Crippen LogP contribution in [0.1, 0.15) is 29.7 Å². The zero-order valence-electron chi connectivity index (χ0n) is 18.4. The van der Waals surface area contributed by atoms with Crippen molar-refractivity contribution in [3.05, 3.63) is 47.2 Å². The second kappa shape index (κ2) is 9.40. The van der Waals surface area contributed by atoms with Crippen LogP contribution < -0.4 is 15.4 Å². The number of aryl methyl sites for hydroxylation is 4. The number of sulfonamides is 1. The lowest BCUT2D eigenvalue weighted by atomic mass is 10.3. The highest BCUT2D eigenvalue weighted by Gasteiger charge is 2.23. The third kappa shape index (κ3) is 5.56. The van der Waals surface area contributed by atoms with E-state index in [4.69, 9.17) is 0 Å². The topological polar surface area (TPSA) is 127 Å². The van der Waals surface area contributed by atoms with Gasteiger partial charge in [-0.25, -0.2) is 28.1 Å². The van der Waals surface area contributed by atoms with E-state index >= 15 is 0 Å². The molecule has 11 heteroatoms. The molecule has 0 amide bonds. The van der Waals surface area contributed by atoms with Crippen molar-refractivity contribution in [2.75, 3.05) is 23.7 Å². The summed E-state index contributed by atoms with van der Waals surface area (Å²) in [7, 11) is -3.65. The number of hydrogen-bond donors (Lipinski definition) is 3. The Hall–Kier alpha value is -3.05. The second-order valence-corrected chi connectivity index (χ2v) is 8.87. The first-order valence-electron chi connectivity index (χ1n) is 10.0. The van der Waals surface area contributed by atoms with E-state index in [9.17, 15) is 8.42 Å². The molecule has 3 N–H and O–H groups in total. The summed E-state index contributed by atoms with van der Waals surface area (Å²) >= 11 is 0. The van der Waals surface area contributed by atoms with Crippen molar-refractivity contribution < 1.29 is 8.42 Å². The van der Waals surface area contributed by atoms with Crippen LogP contribution in [-0.4, -0.2) is 46.2 Å². The maximum absolute atomic E-state index is 12.7. The molecule has 0 saturated heterocycles. The molecular weight excluding hydrogens is 416 g/mol. The van der Waals surface area contributed by atoms with E-state index in [0.717, 1.165) is 5.56 Å². The summed E-state index contributed by atoms with van der Waals surface area (Å²) in [6, 6.07) is 5.59. The molecule has 10 nitrogen and oxygen atoms in total. The van der Waals surface area contributed by atoms with E-state index in [0.29, 0.717) is 47.8 Å². The molecule has 3 aromatic heterocycles. The van der Waals surface area contributed by atoms with Crippen LogP contribution in [0.25, 0.3) is 0 Å². The molecule has 0 saturated carbocycles. The van der Waals surface area contributed by atoms with Gasteiger partial charge in [0.2, 0.25) is 10.0 Å². The number of pyridine rings is 1. The average molecular weight is 445 g/mol. The van der Waals surface area contributed by atoms with Gasteiger partial charge in [-0.15, -0.1) is 0 Å². The van der Waals surface area contributed by atoms with Gasteiger partial charge in [0.15, 0.2) is 0 Å². The molecule has 0 aliphatic rings. The Labute approximate surface area is 182 Å². The van der Waals surface area contributed by atoms with Crippen LogP contribution in [0.5, 0.6) is 0 Å². The van der Waals surface area contributed by atoms with Gasteiger partial charge in [-0.1, -0.05) is 0 Å². The molecule has 3 rings (SSSR count). The number of nitrogens with zero attached hydrogens (tertiary/aromatic N) is 5. The van der Waals surface area contributed by atoms with Gasteiger partial charge in [-0.3, -0.25) is 4.68 Å². The molecule has 0 aromatic carbocycles. The minimum atomic E-state index is -3.65. The van der Waals surface area contributed by atoms with Crippen LogP contribution in [0, 0.1) is 27.7 Å². The molecule has 0 atom stereocenters. The normalized spacial score (nSPS) is 11.5. The molecule has 0 spiro atoms. The molecule has 0 aliphatic heterocycles. The molecule has 0 bridgehead atoms. The van der Waals surface area contributed by atoms with Crippen LogP contribution in [-0.2, 0) is 16.6 Å². The quantitative estimate of drug-likeness (QED) is 0.430. The van der Waals surface area contributed by atoms with Crippen LogP contribution in [0.15, 0.2) is 29.3 Å². The first-order valence-corrected chi connectivity index (χ1v) is 11.5. The molecule has 0 aliphatic carbocycles. The Morgan fingerprint density at radius 2 is 1.74 bits per heavy atom. The smallest absolute Gasteiger partial charge is 0.244 e. The van der Waals surface area contributed by atoms with E-state index < -0.39 is 10.0 Å². The fraction of sp³-hybridized carbons (Fsp3) is 0.400. The third-order valence-corrected chi connectivity index (χ3v) is 6.33. The van der Waals surface area contributed by atoms with E-state index in [2.05, 4.69) is 35.4 Å². The number of hydrogen-bond acceptors (Lipinski definition) is 8. The van der Waals surface area contributed by atoms with E-state index in [1.165, 1.54) is 0 Å². The van der Waals surface area contributed by atoms with Crippen molar-refractivity contribution in [1.82, 2.24) is 29.5 Å². The molecular formula is C20H28N8O2S. The molecule has 3 aromatic rings. The van der Waals surface area contributed by atoms with Crippen molar-refractivity contribution >= 4 is 27.5 Å². The van der Waals surface area contributed by atoms with E-state index in [1.807, 2.05) is 26.0 Å². The lowest BCUT2D eigenvalue weighted by molar-refractivity contribution is 0.580. The number of aromatic nitrogens is 5. The summed E-state index contributed by atoms with van der Waals surface area (Å²) in [5.74, 6) is 2.47. The summed E-state index contributed by atoms with van der Waals surface area (Å²) in [5, 5.41) is 10.6. The second-order valence-electron chi connectivity index (χ2n) is 7.17. The van der Waals surface area contributed by atoms with Crippen molar-refractivity contribution in [2.45, 2.75) is 46.1 Å². The zero-order chi connectivity index (χ0) is 22.6. The third-order valence-electron chi connectivity index (χ3n) is 4.62. The van der Waals surface area contributed by atoms with Gasteiger partial charge in [-0.2, -0.15) is 5.10 Å². The summed E-state index contributed by atoms with van der Waals surface area (Å²) in [6.45, 7) is 10.3. The SMILES string of the molecule is CCn1nc(C)c(S(=O)(=O)NCCNc2cc(Nc3cc(C)ccn3)nc(C)n2)c1C. The first-order chi connectivity index (χ1) is 14.7. The Bertz CT molecular complexity index is 1170. The molecule has 3 heterocycles. The average Bonchev–Trinajstić information content (AvgIpc) is 2.99. The van der Waals surface area contributed by atoms with Crippen LogP contribution in [0.4, 0.5) is 17.5 Å². The molecule has 0 unspecified atom stereocenters. The maximum atomic E-state index is 12.7. The van der Waals surface area contributed by atoms with Crippen LogP contribution >= 0.6 is 0 Å². The number of rotatable bonds is 9. The summed E-state index contributed by atoms with van der Waals surface area (Å²) in [4.78, 5) is 13.2. The number of nitrogens with one attached hydrogen (secondary N) is 3. The number of anilines is 3. The Kier molecular flexibility index (Phi) is 6.86. The predicted octanol–water partition coefficient (Wildman–Crippen LogP) is 2.46. The van der Waals surface area contributed by atoms with Gasteiger partial charge >= 0.3 is 0 Å². The van der Waals surface area contributed by atoms with Crippen molar-refractivity contribution in [2.24, 2.45) is 0 Å². The minimum absolute atomic E-state index is 0.198. The Morgan fingerprint density at radius 1 is 1.00 bits per heavy atom. The van der Waals surface area contributed by atoms with E-state index in [-0.39, 0.29) is 11.4 Å². The zero-order valence-corrected chi connectivity index (χ0v) is 19.2. The minimum Gasteiger partial charge on any atom is -0.369 e. The maximum Gasteiger partial charge on any atom is 0.244 e. The molecule has 0 radical (unpaired) electrons. The van der Waals surface area contributed by atoms with Crippen LogP contribution in [0.3, 0.4) is 0 Å². The lowest BCUT2D eigenvalue weighted by Gasteiger charge is -2.11. The monoisotopic (exact) mass is 444 g/mol. The molecule has 31 heavy (non-hydrogen) atoms.